The number of aryl methyl sites for hydroxylation is 2. The van der Waals surface area contributed by atoms with Crippen LogP contribution in [0.3, 0.4) is 0 Å². The van der Waals surface area contributed by atoms with Crippen molar-refractivity contribution in [1.29, 1.82) is 0 Å². The lowest BCUT2D eigenvalue weighted by Crippen LogP contribution is -2.39. The summed E-state index contributed by atoms with van der Waals surface area (Å²) in [6, 6.07) is 13.5. The zero-order valence-electron chi connectivity index (χ0n) is 21.0. The van der Waals surface area contributed by atoms with Crippen molar-refractivity contribution >= 4 is 42.0 Å². The fraction of sp³-hybridized carbons (Fsp3) is 0.538. The fourth-order valence-corrected chi connectivity index (χ4v) is 12.5. The van der Waals surface area contributed by atoms with E-state index in [0.29, 0.717) is 0 Å². The molecule has 0 unspecified atom stereocenters. The molecular formula is C26H36N2O4S4. The van der Waals surface area contributed by atoms with Crippen molar-refractivity contribution in [3.63, 3.8) is 0 Å². The first-order valence-electron chi connectivity index (χ1n) is 12.8. The van der Waals surface area contributed by atoms with Crippen LogP contribution in [0.1, 0.15) is 75.3 Å². The molecule has 10 heteroatoms. The van der Waals surface area contributed by atoms with Gasteiger partial charge in [-0.25, -0.2) is 16.8 Å². The van der Waals surface area contributed by atoms with E-state index in [9.17, 15) is 16.8 Å². The zero-order valence-corrected chi connectivity index (χ0v) is 24.3. The summed E-state index contributed by atoms with van der Waals surface area (Å²) >= 11 is 0. The average Bonchev–Trinajstić information content (AvgIpc) is 2.88. The predicted molar refractivity (Wildman–Crippen MR) is 149 cm³/mol. The second-order valence-corrected chi connectivity index (χ2v) is 16.0. The average molecular weight is 569 g/mol. The molecule has 0 radical (unpaired) electrons. The van der Waals surface area contributed by atoms with Crippen LogP contribution in [0.2, 0.25) is 0 Å². The van der Waals surface area contributed by atoms with E-state index in [0.717, 1.165) is 97.3 Å². The molecule has 2 aliphatic rings. The molecule has 4 rings (SSSR count). The van der Waals surface area contributed by atoms with E-state index in [1.165, 1.54) is 7.42 Å². The maximum absolute atomic E-state index is 13.8. The third kappa shape index (κ3) is 6.50. The minimum atomic E-state index is -3.81. The molecule has 2 aromatic carbocycles. The van der Waals surface area contributed by atoms with Crippen molar-refractivity contribution in [2.24, 2.45) is 0 Å². The molecular weight excluding hydrogens is 533 g/mol. The molecule has 36 heavy (non-hydrogen) atoms. The lowest BCUT2D eigenvalue weighted by Gasteiger charge is -2.35. The molecule has 6 nitrogen and oxygen atoms in total. The van der Waals surface area contributed by atoms with Crippen LogP contribution in [0.15, 0.2) is 58.3 Å². The van der Waals surface area contributed by atoms with E-state index in [1.807, 2.05) is 13.8 Å². The molecule has 0 saturated heterocycles. The quantitative estimate of drug-likeness (QED) is 0.243. The Kier molecular flexibility index (Phi) is 9.49. The Hall–Kier alpha value is -1.04. The van der Waals surface area contributed by atoms with Gasteiger partial charge in [0.05, 0.1) is 9.79 Å². The Morgan fingerprint density at radius 2 is 0.861 bits per heavy atom. The van der Waals surface area contributed by atoms with Crippen molar-refractivity contribution < 1.29 is 16.8 Å². The van der Waals surface area contributed by atoms with Crippen molar-refractivity contribution in [1.82, 2.24) is 7.42 Å². The Morgan fingerprint density at radius 1 is 0.556 bits per heavy atom. The summed E-state index contributed by atoms with van der Waals surface area (Å²) in [5, 5.41) is 0. The normalized spacial score (nSPS) is 18.7. The van der Waals surface area contributed by atoms with Gasteiger partial charge in [0.25, 0.3) is 20.0 Å². The van der Waals surface area contributed by atoms with Crippen LogP contribution in [-0.4, -0.2) is 36.3 Å². The summed E-state index contributed by atoms with van der Waals surface area (Å²) in [7, 11) is -5.47. The Labute approximate surface area is 225 Å². The van der Waals surface area contributed by atoms with Gasteiger partial charge >= 0.3 is 0 Å². The molecule has 2 aliphatic carbocycles. The SMILES string of the molecule is Cc1ccc(S(=O)(=O)N(SSN(C2CCCCC2)S(=O)(=O)c2ccc(C)cc2)C2CCCCC2)cc1. The molecule has 0 aromatic heterocycles. The number of sulfonamides is 2. The van der Waals surface area contributed by atoms with E-state index >= 15 is 0 Å². The number of hydrogen-bond acceptors (Lipinski definition) is 6. The Balaban J connectivity index is 1.65. The fourth-order valence-electron chi connectivity index (χ4n) is 4.87. The van der Waals surface area contributed by atoms with Gasteiger partial charge in [-0.3, -0.25) is 0 Å². The van der Waals surface area contributed by atoms with E-state index in [2.05, 4.69) is 0 Å². The summed E-state index contributed by atoms with van der Waals surface area (Å²) < 4.78 is 58.2. The first kappa shape index (κ1) is 28.0. The molecule has 2 aromatic rings. The Bertz CT molecular complexity index is 1110. The van der Waals surface area contributed by atoms with Gasteiger partial charge < -0.3 is 0 Å². The standard InChI is InChI=1S/C26H36N2O4S4/c1-21-13-17-25(18-14-21)35(29,30)27(23-9-5-3-6-10-23)33-34-28(24-11-7-4-8-12-24)36(31,32)26-19-15-22(2)16-20-26/h13-20,23-24H,3-12H2,1-2H3. The Morgan fingerprint density at radius 3 is 1.17 bits per heavy atom. The highest BCUT2D eigenvalue weighted by Crippen LogP contribution is 2.44. The van der Waals surface area contributed by atoms with Crippen LogP contribution >= 0.6 is 22.0 Å². The molecule has 198 valence electrons. The van der Waals surface area contributed by atoms with E-state index < -0.39 is 20.0 Å². The zero-order chi connectivity index (χ0) is 25.8. The van der Waals surface area contributed by atoms with Crippen LogP contribution < -0.4 is 0 Å². The molecule has 0 atom stereocenters. The van der Waals surface area contributed by atoms with E-state index in [4.69, 9.17) is 0 Å². The van der Waals surface area contributed by atoms with Gasteiger partial charge in [0, 0.05) is 34.0 Å². The first-order valence-corrected chi connectivity index (χ1v) is 17.7. The maximum atomic E-state index is 13.8. The predicted octanol–water partition coefficient (Wildman–Crippen LogP) is 6.86. The lowest BCUT2D eigenvalue weighted by molar-refractivity contribution is 0.343. The van der Waals surface area contributed by atoms with Crippen LogP contribution in [0, 0.1) is 13.8 Å². The van der Waals surface area contributed by atoms with Crippen LogP contribution in [0.4, 0.5) is 0 Å². The minimum Gasteiger partial charge on any atom is -0.206 e. The van der Waals surface area contributed by atoms with Crippen LogP contribution in [-0.2, 0) is 20.0 Å². The molecule has 0 bridgehead atoms. The summed E-state index contributed by atoms with van der Waals surface area (Å²) in [5.74, 6) is 0. The largest absolute Gasteiger partial charge is 0.253 e. The summed E-state index contributed by atoms with van der Waals surface area (Å²) in [6.07, 6.45) is 9.24. The smallest absolute Gasteiger partial charge is 0.206 e. The minimum absolute atomic E-state index is 0.155. The number of nitrogens with zero attached hydrogens (tertiary/aromatic N) is 2. The van der Waals surface area contributed by atoms with Crippen LogP contribution in [0.25, 0.3) is 0 Å². The number of benzene rings is 2. The highest BCUT2D eigenvalue weighted by molar-refractivity contribution is 8.76. The van der Waals surface area contributed by atoms with Gasteiger partial charge in [0.1, 0.15) is 0 Å². The van der Waals surface area contributed by atoms with Gasteiger partial charge in [-0.2, -0.15) is 0 Å². The third-order valence-corrected chi connectivity index (χ3v) is 14.6. The summed E-state index contributed by atoms with van der Waals surface area (Å²) in [5.41, 5.74) is 1.99. The van der Waals surface area contributed by atoms with Crippen molar-refractivity contribution in [2.45, 2.75) is 99.9 Å². The number of rotatable bonds is 9. The third-order valence-electron chi connectivity index (χ3n) is 7.04. The summed E-state index contributed by atoms with van der Waals surface area (Å²) in [4.78, 5) is 0.495. The molecule has 2 saturated carbocycles. The van der Waals surface area contributed by atoms with Crippen molar-refractivity contribution in [3.05, 3.63) is 59.7 Å². The molecule has 0 N–H and O–H groups in total. The van der Waals surface area contributed by atoms with Gasteiger partial charge in [-0.15, -0.1) is 7.42 Å². The van der Waals surface area contributed by atoms with Gasteiger partial charge in [0.15, 0.2) is 0 Å². The second kappa shape index (κ2) is 12.2. The first-order chi connectivity index (χ1) is 17.2. The lowest BCUT2D eigenvalue weighted by atomic mass is 9.96. The van der Waals surface area contributed by atoms with Gasteiger partial charge in [-0.05, 0) is 63.8 Å². The highest BCUT2D eigenvalue weighted by Gasteiger charge is 2.38. The molecule has 2 fully saturated rings. The molecule has 0 spiro atoms. The monoisotopic (exact) mass is 568 g/mol. The second-order valence-electron chi connectivity index (χ2n) is 9.88. The highest BCUT2D eigenvalue weighted by atomic mass is 33.1. The number of hydrogen-bond donors (Lipinski definition) is 0. The molecule has 0 heterocycles. The van der Waals surface area contributed by atoms with Crippen molar-refractivity contribution in [3.8, 4) is 0 Å². The van der Waals surface area contributed by atoms with E-state index in [1.54, 1.807) is 48.5 Å². The topological polar surface area (TPSA) is 74.8 Å². The van der Waals surface area contributed by atoms with Gasteiger partial charge in [0.2, 0.25) is 0 Å². The van der Waals surface area contributed by atoms with Crippen LogP contribution in [0.5, 0.6) is 0 Å². The summed E-state index contributed by atoms with van der Waals surface area (Å²) in [6.45, 7) is 3.86. The van der Waals surface area contributed by atoms with E-state index in [-0.39, 0.29) is 21.9 Å². The van der Waals surface area contributed by atoms with Gasteiger partial charge in [-0.1, -0.05) is 73.9 Å². The molecule has 0 aliphatic heterocycles. The van der Waals surface area contributed by atoms with Crippen molar-refractivity contribution in [2.75, 3.05) is 0 Å². The maximum Gasteiger partial charge on any atom is 0.253 e. The molecule has 0 amide bonds.